The summed E-state index contributed by atoms with van der Waals surface area (Å²) in [5.74, 6) is -0.966. The smallest absolute Gasteiger partial charge is 0.323 e. The zero-order chi connectivity index (χ0) is 12.6. The molecule has 2 rings (SSSR count). The van der Waals surface area contributed by atoms with Gasteiger partial charge in [0, 0.05) is 6.54 Å². The highest BCUT2D eigenvalue weighted by Crippen LogP contribution is 2.33. The molecule has 1 atom stereocenters. The molecule has 1 unspecified atom stereocenters. The number of carbonyl (C=O) groups is 1. The van der Waals surface area contributed by atoms with Gasteiger partial charge < -0.3 is 10.0 Å². The fraction of sp³-hybridized carbons (Fsp3) is 0.364. The summed E-state index contributed by atoms with van der Waals surface area (Å²) in [6, 6.07) is 6.52. The molecule has 17 heavy (non-hydrogen) atoms. The summed E-state index contributed by atoms with van der Waals surface area (Å²) in [6.45, 7) is 1.63. The minimum absolute atomic E-state index is 0.184. The monoisotopic (exact) mass is 255 g/mol. The van der Waals surface area contributed by atoms with Gasteiger partial charge in [-0.1, -0.05) is 12.1 Å². The average Bonchev–Trinajstić information content (AvgIpc) is 2.26. The van der Waals surface area contributed by atoms with Gasteiger partial charge in [-0.25, -0.2) is 8.42 Å². The van der Waals surface area contributed by atoms with Gasteiger partial charge in [-0.15, -0.1) is 0 Å². The second kappa shape index (κ2) is 4.03. The van der Waals surface area contributed by atoms with Crippen molar-refractivity contribution >= 4 is 21.5 Å². The SMILES string of the molecule is CC1CN(CC(=O)O)c2ccccc2S1(=O)=O. The Labute approximate surface area is 99.6 Å². The molecular formula is C11H13NO4S. The molecule has 5 nitrogen and oxygen atoms in total. The Hall–Kier alpha value is -1.56. The lowest BCUT2D eigenvalue weighted by molar-refractivity contribution is -0.135. The minimum atomic E-state index is -3.32. The lowest BCUT2D eigenvalue weighted by Crippen LogP contribution is -2.43. The Balaban J connectivity index is 2.53. The van der Waals surface area contributed by atoms with E-state index in [1.807, 2.05) is 0 Å². The van der Waals surface area contributed by atoms with Gasteiger partial charge in [-0.2, -0.15) is 0 Å². The van der Waals surface area contributed by atoms with Crippen LogP contribution in [0, 0.1) is 0 Å². The van der Waals surface area contributed by atoms with Gasteiger partial charge in [-0.3, -0.25) is 4.79 Å². The number of hydrogen-bond donors (Lipinski definition) is 1. The van der Waals surface area contributed by atoms with E-state index in [0.29, 0.717) is 5.69 Å². The standard InChI is InChI=1S/C11H13NO4S/c1-8-6-12(7-11(13)14)9-4-2-3-5-10(9)17(8,15)16/h2-5,8H,6-7H2,1H3,(H,13,14). The Bertz CT molecular complexity index is 552. The van der Waals surface area contributed by atoms with E-state index in [1.54, 1.807) is 30.0 Å². The van der Waals surface area contributed by atoms with Gasteiger partial charge in [0.1, 0.15) is 6.54 Å². The van der Waals surface area contributed by atoms with Gasteiger partial charge in [0.15, 0.2) is 9.84 Å². The summed E-state index contributed by atoms with van der Waals surface area (Å²) < 4.78 is 24.1. The van der Waals surface area contributed by atoms with Crippen molar-refractivity contribution in [2.45, 2.75) is 17.1 Å². The third kappa shape index (κ3) is 2.00. The highest BCUT2D eigenvalue weighted by atomic mass is 32.2. The number of aliphatic carboxylic acids is 1. The maximum atomic E-state index is 12.1. The summed E-state index contributed by atoms with van der Waals surface area (Å²) in [5.41, 5.74) is 0.480. The van der Waals surface area contributed by atoms with Crippen LogP contribution in [-0.2, 0) is 14.6 Å². The number of sulfone groups is 1. The quantitative estimate of drug-likeness (QED) is 0.844. The van der Waals surface area contributed by atoms with E-state index in [-0.39, 0.29) is 18.0 Å². The lowest BCUT2D eigenvalue weighted by atomic mass is 10.2. The molecule has 0 fully saturated rings. The maximum Gasteiger partial charge on any atom is 0.323 e. The van der Waals surface area contributed by atoms with Crippen molar-refractivity contribution in [3.8, 4) is 0 Å². The molecule has 0 aromatic heterocycles. The number of rotatable bonds is 2. The number of para-hydroxylation sites is 1. The van der Waals surface area contributed by atoms with Crippen molar-refractivity contribution in [1.29, 1.82) is 0 Å². The summed E-state index contributed by atoms with van der Waals surface area (Å²) in [6.07, 6.45) is 0. The number of anilines is 1. The zero-order valence-electron chi connectivity index (χ0n) is 9.33. The fourth-order valence-corrected chi connectivity index (χ4v) is 3.56. The molecule has 0 saturated heterocycles. The first-order chi connectivity index (χ1) is 7.93. The molecule has 0 saturated carbocycles. The Kier molecular flexibility index (Phi) is 2.82. The molecule has 1 N–H and O–H groups in total. The van der Waals surface area contributed by atoms with Crippen LogP contribution in [-0.4, -0.2) is 37.8 Å². The molecule has 0 aliphatic carbocycles. The van der Waals surface area contributed by atoms with Crippen LogP contribution < -0.4 is 4.90 Å². The highest BCUT2D eigenvalue weighted by molar-refractivity contribution is 7.92. The van der Waals surface area contributed by atoms with E-state index in [9.17, 15) is 13.2 Å². The summed E-state index contributed by atoms with van der Waals surface area (Å²) in [4.78, 5) is 12.6. The Morgan fingerprint density at radius 3 is 2.76 bits per heavy atom. The molecule has 1 heterocycles. The van der Waals surface area contributed by atoms with E-state index < -0.39 is 21.1 Å². The molecule has 0 bridgehead atoms. The van der Waals surface area contributed by atoms with Crippen LogP contribution in [0.2, 0.25) is 0 Å². The second-order valence-electron chi connectivity index (χ2n) is 4.10. The van der Waals surface area contributed by atoms with Gasteiger partial charge in [0.25, 0.3) is 0 Å². The Morgan fingerprint density at radius 2 is 2.12 bits per heavy atom. The van der Waals surface area contributed by atoms with E-state index in [1.165, 1.54) is 6.07 Å². The summed E-state index contributed by atoms with van der Waals surface area (Å²) in [7, 11) is -3.32. The molecule has 6 heteroatoms. The molecule has 0 spiro atoms. The van der Waals surface area contributed by atoms with Crippen molar-refractivity contribution < 1.29 is 18.3 Å². The van der Waals surface area contributed by atoms with Crippen LogP contribution in [0.4, 0.5) is 5.69 Å². The van der Waals surface area contributed by atoms with Crippen LogP contribution in [0.5, 0.6) is 0 Å². The fourth-order valence-electron chi connectivity index (χ4n) is 2.00. The van der Waals surface area contributed by atoms with Crippen LogP contribution in [0.1, 0.15) is 6.92 Å². The van der Waals surface area contributed by atoms with Crippen molar-refractivity contribution in [2.24, 2.45) is 0 Å². The third-order valence-electron chi connectivity index (χ3n) is 2.85. The first kappa shape index (κ1) is 11.9. The third-order valence-corrected chi connectivity index (χ3v) is 5.01. The van der Waals surface area contributed by atoms with E-state index >= 15 is 0 Å². The van der Waals surface area contributed by atoms with Crippen molar-refractivity contribution in [2.75, 3.05) is 18.0 Å². The molecule has 1 aromatic carbocycles. The van der Waals surface area contributed by atoms with Gasteiger partial charge >= 0.3 is 5.97 Å². The van der Waals surface area contributed by atoms with Gasteiger partial charge in [-0.05, 0) is 19.1 Å². The number of fused-ring (bicyclic) bond motifs is 1. The average molecular weight is 255 g/mol. The van der Waals surface area contributed by atoms with Crippen LogP contribution in [0.3, 0.4) is 0 Å². The van der Waals surface area contributed by atoms with Crippen LogP contribution in [0.15, 0.2) is 29.2 Å². The first-order valence-corrected chi connectivity index (χ1v) is 6.77. The predicted molar refractivity (Wildman–Crippen MR) is 62.9 cm³/mol. The van der Waals surface area contributed by atoms with Gasteiger partial charge in [0.05, 0.1) is 15.8 Å². The largest absolute Gasteiger partial charge is 0.480 e. The molecule has 0 amide bonds. The summed E-state index contributed by atoms with van der Waals surface area (Å²) in [5, 5.41) is 8.23. The van der Waals surface area contributed by atoms with Crippen LogP contribution >= 0.6 is 0 Å². The number of hydrogen-bond acceptors (Lipinski definition) is 4. The molecule has 92 valence electrons. The predicted octanol–water partition coefficient (Wildman–Crippen LogP) is 0.753. The minimum Gasteiger partial charge on any atom is -0.480 e. The molecule has 1 aliphatic heterocycles. The summed E-state index contributed by atoms with van der Waals surface area (Å²) >= 11 is 0. The zero-order valence-corrected chi connectivity index (χ0v) is 10.1. The maximum absolute atomic E-state index is 12.1. The number of benzene rings is 1. The van der Waals surface area contributed by atoms with E-state index in [2.05, 4.69) is 0 Å². The normalized spacial score (nSPS) is 21.9. The topological polar surface area (TPSA) is 74.7 Å². The van der Waals surface area contributed by atoms with Gasteiger partial charge in [0.2, 0.25) is 0 Å². The number of carboxylic acid groups (broad SMARTS) is 1. The van der Waals surface area contributed by atoms with E-state index in [4.69, 9.17) is 5.11 Å². The van der Waals surface area contributed by atoms with E-state index in [0.717, 1.165) is 0 Å². The molecular weight excluding hydrogens is 242 g/mol. The molecule has 0 radical (unpaired) electrons. The Morgan fingerprint density at radius 1 is 1.47 bits per heavy atom. The number of carboxylic acids is 1. The van der Waals surface area contributed by atoms with Crippen molar-refractivity contribution in [3.63, 3.8) is 0 Å². The van der Waals surface area contributed by atoms with Crippen molar-refractivity contribution in [3.05, 3.63) is 24.3 Å². The van der Waals surface area contributed by atoms with Crippen LogP contribution in [0.25, 0.3) is 0 Å². The highest BCUT2D eigenvalue weighted by Gasteiger charge is 2.34. The number of nitrogens with zero attached hydrogens (tertiary/aromatic N) is 1. The lowest BCUT2D eigenvalue weighted by Gasteiger charge is -2.33. The second-order valence-corrected chi connectivity index (χ2v) is 6.43. The molecule has 1 aromatic rings. The molecule has 1 aliphatic rings. The first-order valence-electron chi connectivity index (χ1n) is 5.22. The van der Waals surface area contributed by atoms with Crippen molar-refractivity contribution in [1.82, 2.24) is 0 Å².